The number of aromatic nitrogens is 4. The number of benzene rings is 3. The first-order valence-electron chi connectivity index (χ1n) is 23.6. The fourth-order valence-electron chi connectivity index (χ4n) is 7.80. The monoisotopic (exact) mass is 993 g/mol. The lowest BCUT2D eigenvalue weighted by molar-refractivity contribution is -0.129. The molecule has 5 aromatic rings. The first-order chi connectivity index (χ1) is 35.0. The first kappa shape index (κ1) is 53.8. The summed E-state index contributed by atoms with van der Waals surface area (Å²) in [5.74, 6) is 6.83. The summed E-state index contributed by atoms with van der Waals surface area (Å²) in [5, 5.41) is 9.41. The van der Waals surface area contributed by atoms with Gasteiger partial charge in [0.1, 0.15) is 53.7 Å². The van der Waals surface area contributed by atoms with Gasteiger partial charge in [-0.1, -0.05) is 30.3 Å². The third-order valence-electron chi connectivity index (χ3n) is 11.6. The molecule has 22 heteroatoms. The Morgan fingerprint density at radius 3 is 2.19 bits per heavy atom. The second kappa shape index (κ2) is 27.8. The number of ether oxygens (including phenoxy) is 6. The maximum atomic E-state index is 13.5. The number of piperidine rings is 1. The quantitative estimate of drug-likeness (QED) is 0.0176. The number of carbonyl (C=O) groups is 5. The molecule has 2 unspecified atom stereocenters. The summed E-state index contributed by atoms with van der Waals surface area (Å²) >= 11 is 0. The molecule has 6 rings (SSSR count). The molecule has 0 spiro atoms. The zero-order valence-electron chi connectivity index (χ0n) is 40.6. The highest BCUT2D eigenvalue weighted by molar-refractivity contribution is 6.04. The molecular formula is C50H63N11O11. The molecule has 1 aliphatic heterocycles. The maximum Gasteiger partial charge on any atom is 0.271 e. The molecule has 3 heterocycles. The van der Waals surface area contributed by atoms with E-state index < -0.39 is 11.9 Å². The van der Waals surface area contributed by atoms with E-state index in [4.69, 9.17) is 50.8 Å². The van der Waals surface area contributed by atoms with E-state index in [9.17, 15) is 24.0 Å². The van der Waals surface area contributed by atoms with Crippen molar-refractivity contribution >= 4 is 47.1 Å². The number of carbonyl (C=O) groups excluding carboxylic acids is 5. The van der Waals surface area contributed by atoms with E-state index in [0.717, 1.165) is 24.2 Å². The summed E-state index contributed by atoms with van der Waals surface area (Å²) in [6.45, 7) is 3.55. The number of amides is 3. The van der Waals surface area contributed by atoms with Crippen LogP contribution < -0.4 is 32.1 Å². The lowest BCUT2D eigenvalue weighted by Crippen LogP contribution is -2.43. The van der Waals surface area contributed by atoms with Crippen molar-refractivity contribution in [1.82, 2.24) is 39.9 Å². The lowest BCUT2D eigenvalue weighted by atomic mass is 10.0. The standard InChI is InChI=1S/C50H63N11O11/c1-54-43(64)18-15-38(33-63)58(2)50(66)44-36(32-62)8-6-12-42(44)71-29-28-70-27-26-69-25-24-68-23-22-67-21-20-60(53)31-41(51)49(65)59-19-7-9-37(30-59)61-48-45(47(52)55-34-56-48)46(57-61)35-13-16-40(17-14-35)72-39-10-4-3-5-11-39/h3-6,8,10-14,16-17,31-34,37-38H,7,9,15,18-30,51,53H2,1-2H3,(H,54,64)(H2,52,55,56)/b41-31-. The maximum absolute atomic E-state index is 13.5. The van der Waals surface area contributed by atoms with Gasteiger partial charge < -0.3 is 64.8 Å². The molecule has 2 atom stereocenters. The molecule has 3 amide bonds. The highest BCUT2D eigenvalue weighted by Crippen LogP contribution is 2.35. The minimum absolute atomic E-state index is 0.00796. The van der Waals surface area contributed by atoms with E-state index in [2.05, 4.69) is 15.3 Å². The molecular weight excluding hydrogens is 931 g/mol. The number of hydrogen-bond donors (Lipinski definition) is 4. The van der Waals surface area contributed by atoms with Crippen LogP contribution in [0.2, 0.25) is 0 Å². The number of aldehydes is 2. The van der Waals surface area contributed by atoms with Crippen LogP contribution in [0.15, 0.2) is 91.0 Å². The third-order valence-corrected chi connectivity index (χ3v) is 11.6. The van der Waals surface area contributed by atoms with Gasteiger partial charge in [-0.05, 0) is 61.7 Å². The Kier molecular flexibility index (Phi) is 20.8. The van der Waals surface area contributed by atoms with Crippen LogP contribution in [-0.4, -0.2) is 164 Å². The van der Waals surface area contributed by atoms with Gasteiger partial charge in [-0.15, -0.1) is 0 Å². The number of anilines is 1. The number of para-hydroxylation sites is 1. The number of likely N-dealkylation sites (N-methyl/N-ethyl adjacent to an activating group) is 1. The van der Waals surface area contributed by atoms with Crippen LogP contribution in [0.1, 0.15) is 52.4 Å². The van der Waals surface area contributed by atoms with Crippen LogP contribution in [-0.2, 0) is 33.3 Å². The Balaban J connectivity index is 0.841. The van der Waals surface area contributed by atoms with Crippen molar-refractivity contribution < 1.29 is 52.4 Å². The molecule has 7 N–H and O–H groups in total. The Morgan fingerprint density at radius 2 is 1.53 bits per heavy atom. The van der Waals surface area contributed by atoms with E-state index in [1.165, 1.54) is 42.6 Å². The Labute approximate surface area is 417 Å². The van der Waals surface area contributed by atoms with E-state index in [1.807, 2.05) is 59.3 Å². The predicted molar refractivity (Wildman–Crippen MR) is 266 cm³/mol. The average molecular weight is 994 g/mol. The van der Waals surface area contributed by atoms with Crippen molar-refractivity contribution in [2.24, 2.45) is 11.6 Å². The van der Waals surface area contributed by atoms with Crippen molar-refractivity contribution in [3.63, 3.8) is 0 Å². The first-order valence-corrected chi connectivity index (χ1v) is 23.6. The molecule has 0 bridgehead atoms. The minimum Gasteiger partial charge on any atom is -0.490 e. The van der Waals surface area contributed by atoms with Crippen LogP contribution >= 0.6 is 0 Å². The van der Waals surface area contributed by atoms with Gasteiger partial charge >= 0.3 is 0 Å². The molecule has 1 saturated heterocycles. The number of fused-ring (bicyclic) bond motifs is 1. The van der Waals surface area contributed by atoms with Gasteiger partial charge in [0, 0.05) is 50.9 Å². The molecule has 0 radical (unpaired) electrons. The second-order valence-corrected chi connectivity index (χ2v) is 16.5. The Hall–Kier alpha value is -7.50. The number of hydrogen-bond acceptors (Lipinski definition) is 18. The molecule has 0 saturated carbocycles. The smallest absolute Gasteiger partial charge is 0.271 e. The predicted octanol–water partition coefficient (Wildman–Crippen LogP) is 3.13. The van der Waals surface area contributed by atoms with Gasteiger partial charge in [0.2, 0.25) is 5.91 Å². The van der Waals surface area contributed by atoms with Gasteiger partial charge in [-0.25, -0.2) is 20.5 Å². The fourth-order valence-corrected chi connectivity index (χ4v) is 7.80. The molecule has 3 aromatic carbocycles. The van der Waals surface area contributed by atoms with Gasteiger partial charge in [0.25, 0.3) is 11.8 Å². The minimum atomic E-state index is -0.875. The SMILES string of the molecule is CNC(=O)CCC(C=O)N(C)C(=O)c1c(C=O)cccc1OCCOCCOCCOCCOCCN(N)/C=C(\N)C(=O)N1CCCC(n2nc(-c3ccc(Oc4ccccc4)cc3)c3c(N)ncnc32)C1. The summed E-state index contributed by atoms with van der Waals surface area (Å²) in [6.07, 6.45) is 5.60. The molecule has 0 aliphatic carbocycles. The molecule has 1 fully saturated rings. The number of nitrogens with one attached hydrogen (secondary N) is 1. The van der Waals surface area contributed by atoms with E-state index in [0.29, 0.717) is 87.0 Å². The summed E-state index contributed by atoms with van der Waals surface area (Å²) in [6, 6.07) is 20.6. The lowest BCUT2D eigenvalue weighted by Gasteiger charge is -2.33. The number of nitrogens with two attached hydrogens (primary N) is 3. The van der Waals surface area contributed by atoms with Crippen molar-refractivity contribution in [3.8, 4) is 28.5 Å². The van der Waals surface area contributed by atoms with Crippen molar-refractivity contribution in [2.75, 3.05) is 98.9 Å². The van der Waals surface area contributed by atoms with Crippen molar-refractivity contribution in [3.05, 3.63) is 102 Å². The van der Waals surface area contributed by atoms with E-state index >= 15 is 0 Å². The highest BCUT2D eigenvalue weighted by Gasteiger charge is 2.30. The fraction of sp³-hybridized carbons (Fsp3) is 0.400. The number of hydrazine groups is 1. The second-order valence-electron chi connectivity index (χ2n) is 16.5. The highest BCUT2D eigenvalue weighted by atomic mass is 16.6. The van der Waals surface area contributed by atoms with Crippen LogP contribution in [0.3, 0.4) is 0 Å². The average Bonchev–Trinajstić information content (AvgIpc) is 3.80. The Bertz CT molecular complexity index is 2600. The van der Waals surface area contributed by atoms with Gasteiger partial charge in [-0.3, -0.25) is 19.2 Å². The number of rotatable bonds is 29. The summed E-state index contributed by atoms with van der Waals surface area (Å²) in [7, 11) is 2.92. The van der Waals surface area contributed by atoms with E-state index in [1.54, 1.807) is 17.0 Å². The van der Waals surface area contributed by atoms with Crippen LogP contribution in [0.4, 0.5) is 5.82 Å². The zero-order chi connectivity index (χ0) is 51.2. The molecule has 2 aromatic heterocycles. The molecule has 72 heavy (non-hydrogen) atoms. The molecule has 384 valence electrons. The summed E-state index contributed by atoms with van der Waals surface area (Å²) in [4.78, 5) is 73.8. The van der Waals surface area contributed by atoms with Crippen LogP contribution in [0.5, 0.6) is 17.2 Å². The number of nitrogen functional groups attached to an aromatic ring is 1. The number of nitrogens with zero attached hydrogens (tertiary/aromatic N) is 7. The van der Waals surface area contributed by atoms with Crippen LogP contribution in [0, 0.1) is 0 Å². The normalized spacial score (nSPS) is 14.1. The molecule has 22 nitrogen and oxygen atoms in total. The summed E-state index contributed by atoms with van der Waals surface area (Å²) < 4.78 is 36.0. The Morgan fingerprint density at radius 1 is 0.861 bits per heavy atom. The van der Waals surface area contributed by atoms with Crippen molar-refractivity contribution in [2.45, 2.75) is 37.8 Å². The van der Waals surface area contributed by atoms with Crippen LogP contribution in [0.25, 0.3) is 22.3 Å². The third kappa shape index (κ3) is 15.0. The number of likely N-dealkylation sites (tertiary alicyclic amines) is 1. The zero-order valence-corrected chi connectivity index (χ0v) is 40.6. The largest absolute Gasteiger partial charge is 0.490 e. The summed E-state index contributed by atoms with van der Waals surface area (Å²) in [5.41, 5.74) is 14.8. The van der Waals surface area contributed by atoms with Crippen molar-refractivity contribution in [1.29, 1.82) is 0 Å². The van der Waals surface area contributed by atoms with E-state index in [-0.39, 0.29) is 86.2 Å². The topological polar surface area (TPSA) is 284 Å². The van der Waals surface area contributed by atoms with Gasteiger partial charge in [0.05, 0.1) is 82.4 Å². The van der Waals surface area contributed by atoms with Gasteiger partial charge in [0.15, 0.2) is 11.9 Å². The van der Waals surface area contributed by atoms with Gasteiger partial charge in [-0.2, -0.15) is 5.10 Å². The molecule has 1 aliphatic rings.